The highest BCUT2D eigenvalue weighted by Crippen LogP contribution is 2.25. The molecule has 0 aliphatic carbocycles. The van der Waals surface area contributed by atoms with Crippen molar-refractivity contribution in [3.63, 3.8) is 0 Å². The van der Waals surface area contributed by atoms with Gasteiger partial charge in [-0.05, 0) is 42.8 Å². The summed E-state index contributed by atoms with van der Waals surface area (Å²) in [5.74, 6) is -0.385. The maximum atomic E-state index is 12.6. The van der Waals surface area contributed by atoms with Gasteiger partial charge in [0, 0.05) is 10.7 Å². The molecule has 0 saturated heterocycles. The van der Waals surface area contributed by atoms with Gasteiger partial charge in [0.2, 0.25) is 15.9 Å². The van der Waals surface area contributed by atoms with Crippen LogP contribution in [0.5, 0.6) is 0 Å². The molecule has 0 saturated carbocycles. The Balaban J connectivity index is 2.35. The average Bonchev–Trinajstić information content (AvgIpc) is 2.53. The van der Waals surface area contributed by atoms with Gasteiger partial charge in [-0.1, -0.05) is 36.7 Å². The maximum absolute atomic E-state index is 12.6. The van der Waals surface area contributed by atoms with E-state index in [4.69, 9.17) is 11.6 Å². The molecule has 5 nitrogen and oxygen atoms in total. The third kappa shape index (κ3) is 4.49. The number of anilines is 2. The molecule has 0 unspecified atom stereocenters. The molecule has 128 valence electrons. The predicted molar refractivity (Wildman–Crippen MR) is 97.9 cm³/mol. The zero-order valence-electron chi connectivity index (χ0n) is 13.4. The second-order valence-corrected chi connectivity index (χ2v) is 7.61. The molecule has 0 aliphatic rings. The number of rotatable bonds is 6. The first kappa shape index (κ1) is 18.3. The van der Waals surface area contributed by atoms with Gasteiger partial charge in [0.1, 0.15) is 6.04 Å². The molecule has 2 aromatic rings. The van der Waals surface area contributed by atoms with Crippen LogP contribution in [-0.4, -0.2) is 26.6 Å². The molecule has 7 heteroatoms. The van der Waals surface area contributed by atoms with Crippen LogP contribution >= 0.6 is 11.6 Å². The molecule has 1 atom stereocenters. The normalized spacial score (nSPS) is 12.5. The molecule has 0 bridgehead atoms. The van der Waals surface area contributed by atoms with Gasteiger partial charge in [-0.3, -0.25) is 9.10 Å². The highest BCUT2D eigenvalue weighted by Gasteiger charge is 2.31. The van der Waals surface area contributed by atoms with Crippen LogP contribution in [0, 0.1) is 0 Å². The quantitative estimate of drug-likeness (QED) is 0.850. The fourth-order valence-corrected chi connectivity index (χ4v) is 3.73. The third-order valence-electron chi connectivity index (χ3n) is 3.45. The zero-order chi connectivity index (χ0) is 17.7. The third-order valence-corrected chi connectivity index (χ3v) is 4.88. The Labute approximate surface area is 147 Å². The van der Waals surface area contributed by atoms with E-state index in [1.165, 1.54) is 0 Å². The summed E-state index contributed by atoms with van der Waals surface area (Å²) < 4.78 is 25.7. The number of hydrogen-bond acceptors (Lipinski definition) is 3. The molecular formula is C17H19ClN2O3S. The standard InChI is InChI=1S/C17H19ClN2O3S/c1-3-16(17(21)19-14-7-5-4-6-8-14)20(24(2,22)23)15-11-9-13(18)10-12-15/h4-12,16H,3H2,1-2H3,(H,19,21)/t16-/m1/s1. The van der Waals surface area contributed by atoms with E-state index in [9.17, 15) is 13.2 Å². The molecule has 0 aromatic heterocycles. The fourth-order valence-electron chi connectivity index (χ4n) is 2.40. The minimum atomic E-state index is -3.65. The monoisotopic (exact) mass is 366 g/mol. The van der Waals surface area contributed by atoms with E-state index < -0.39 is 16.1 Å². The smallest absolute Gasteiger partial charge is 0.248 e. The number of hydrogen-bond donors (Lipinski definition) is 1. The molecule has 2 aromatic carbocycles. The fraction of sp³-hybridized carbons (Fsp3) is 0.235. The van der Waals surface area contributed by atoms with Crippen LogP contribution in [0.3, 0.4) is 0 Å². The molecule has 0 heterocycles. The number of nitrogens with one attached hydrogen (secondary N) is 1. The number of para-hydroxylation sites is 1. The summed E-state index contributed by atoms with van der Waals surface area (Å²) >= 11 is 5.87. The summed E-state index contributed by atoms with van der Waals surface area (Å²) in [6.07, 6.45) is 1.41. The van der Waals surface area contributed by atoms with E-state index in [-0.39, 0.29) is 5.91 Å². The van der Waals surface area contributed by atoms with Gasteiger partial charge in [-0.15, -0.1) is 0 Å². The Morgan fingerprint density at radius 3 is 2.21 bits per heavy atom. The minimum absolute atomic E-state index is 0.328. The van der Waals surface area contributed by atoms with Gasteiger partial charge < -0.3 is 5.32 Å². The van der Waals surface area contributed by atoms with E-state index in [0.717, 1.165) is 10.6 Å². The summed E-state index contributed by atoms with van der Waals surface area (Å²) in [7, 11) is -3.65. The van der Waals surface area contributed by atoms with Gasteiger partial charge in [0.05, 0.1) is 11.9 Å². The number of amides is 1. The highest BCUT2D eigenvalue weighted by atomic mass is 35.5. The van der Waals surface area contributed by atoms with Crippen molar-refractivity contribution in [3.05, 3.63) is 59.6 Å². The summed E-state index contributed by atoms with van der Waals surface area (Å²) in [6, 6.07) is 14.4. The lowest BCUT2D eigenvalue weighted by Crippen LogP contribution is -2.46. The van der Waals surface area contributed by atoms with Crippen LogP contribution in [0.2, 0.25) is 5.02 Å². The van der Waals surface area contributed by atoms with Crippen LogP contribution in [0.15, 0.2) is 54.6 Å². The van der Waals surface area contributed by atoms with Gasteiger partial charge in [-0.2, -0.15) is 0 Å². The summed E-state index contributed by atoms with van der Waals surface area (Å²) in [5.41, 5.74) is 1.02. The largest absolute Gasteiger partial charge is 0.324 e. The van der Waals surface area contributed by atoms with Gasteiger partial charge in [0.15, 0.2) is 0 Å². The topological polar surface area (TPSA) is 66.5 Å². The van der Waals surface area contributed by atoms with Crippen molar-refractivity contribution < 1.29 is 13.2 Å². The summed E-state index contributed by atoms with van der Waals surface area (Å²) in [6.45, 7) is 1.77. The number of carbonyl (C=O) groups excluding carboxylic acids is 1. The lowest BCUT2D eigenvalue weighted by Gasteiger charge is -2.30. The number of sulfonamides is 1. The molecular weight excluding hydrogens is 348 g/mol. The van der Waals surface area contributed by atoms with Gasteiger partial charge in [-0.25, -0.2) is 8.42 Å². The Bertz CT molecular complexity index is 792. The van der Waals surface area contributed by atoms with Gasteiger partial charge >= 0.3 is 0 Å². The second-order valence-electron chi connectivity index (χ2n) is 5.31. The highest BCUT2D eigenvalue weighted by molar-refractivity contribution is 7.92. The zero-order valence-corrected chi connectivity index (χ0v) is 15.0. The van der Waals surface area contributed by atoms with Crippen molar-refractivity contribution in [2.45, 2.75) is 19.4 Å². The number of carbonyl (C=O) groups is 1. The molecule has 0 aliphatic heterocycles. The number of nitrogens with zero attached hydrogens (tertiary/aromatic N) is 1. The Morgan fingerprint density at radius 1 is 1.12 bits per heavy atom. The van der Waals surface area contributed by atoms with Crippen LogP contribution in [0.25, 0.3) is 0 Å². The Morgan fingerprint density at radius 2 is 1.71 bits per heavy atom. The van der Waals surface area contributed by atoms with E-state index in [2.05, 4.69) is 5.32 Å². The van der Waals surface area contributed by atoms with Crippen molar-refractivity contribution >= 4 is 38.9 Å². The van der Waals surface area contributed by atoms with Crippen molar-refractivity contribution in [1.29, 1.82) is 0 Å². The van der Waals surface area contributed by atoms with E-state index in [1.54, 1.807) is 55.5 Å². The predicted octanol–water partition coefficient (Wildman–Crippen LogP) is 3.52. The van der Waals surface area contributed by atoms with Crippen molar-refractivity contribution in [3.8, 4) is 0 Å². The molecule has 1 N–H and O–H groups in total. The Kier molecular flexibility index (Phi) is 5.85. The van der Waals surface area contributed by atoms with Gasteiger partial charge in [0.25, 0.3) is 0 Å². The second kappa shape index (κ2) is 7.68. The maximum Gasteiger partial charge on any atom is 0.248 e. The van der Waals surface area contributed by atoms with Crippen molar-refractivity contribution in [1.82, 2.24) is 0 Å². The molecule has 0 spiro atoms. The minimum Gasteiger partial charge on any atom is -0.324 e. The Hall–Kier alpha value is -2.05. The van der Waals surface area contributed by atoms with Crippen molar-refractivity contribution in [2.24, 2.45) is 0 Å². The van der Waals surface area contributed by atoms with E-state index in [1.807, 2.05) is 6.07 Å². The molecule has 24 heavy (non-hydrogen) atoms. The number of halogens is 1. The van der Waals surface area contributed by atoms with Crippen LogP contribution in [0.1, 0.15) is 13.3 Å². The summed E-state index contributed by atoms with van der Waals surface area (Å²) in [5, 5.41) is 3.25. The summed E-state index contributed by atoms with van der Waals surface area (Å²) in [4.78, 5) is 12.6. The molecule has 1 amide bonds. The number of benzene rings is 2. The van der Waals surface area contributed by atoms with Crippen LogP contribution < -0.4 is 9.62 Å². The average molecular weight is 367 g/mol. The van der Waals surface area contributed by atoms with E-state index >= 15 is 0 Å². The molecule has 0 radical (unpaired) electrons. The van der Waals surface area contributed by atoms with Crippen molar-refractivity contribution in [2.75, 3.05) is 15.9 Å². The first-order valence-corrected chi connectivity index (χ1v) is 9.66. The first-order valence-electron chi connectivity index (χ1n) is 7.44. The lowest BCUT2D eigenvalue weighted by molar-refractivity contribution is -0.117. The SMILES string of the molecule is CC[C@H](C(=O)Nc1ccccc1)N(c1ccc(Cl)cc1)S(C)(=O)=O. The first-order chi connectivity index (χ1) is 11.3. The van der Waals surface area contributed by atoms with E-state index in [0.29, 0.717) is 22.8 Å². The molecule has 2 rings (SSSR count). The molecule has 0 fully saturated rings. The van der Waals surface area contributed by atoms with Crippen LogP contribution in [0.4, 0.5) is 11.4 Å². The van der Waals surface area contributed by atoms with Crippen LogP contribution in [-0.2, 0) is 14.8 Å². The lowest BCUT2D eigenvalue weighted by atomic mass is 10.2.